The number of hydrogen-bond acceptors (Lipinski definition) is 3. The normalized spacial score (nSPS) is 20.4. The van der Waals surface area contributed by atoms with E-state index in [2.05, 4.69) is 13.8 Å². The van der Waals surface area contributed by atoms with Crippen molar-refractivity contribution >= 4 is 5.91 Å². The van der Waals surface area contributed by atoms with Crippen LogP contribution in [-0.4, -0.2) is 48.3 Å². The zero-order valence-corrected chi connectivity index (χ0v) is 10.3. The number of nitrogens with zero attached hydrogens (tertiary/aromatic N) is 1. The van der Waals surface area contributed by atoms with E-state index in [4.69, 9.17) is 9.84 Å². The minimum Gasteiger partial charge on any atom is -0.395 e. The summed E-state index contributed by atoms with van der Waals surface area (Å²) in [5, 5.41) is 9.04. The number of amides is 1. The summed E-state index contributed by atoms with van der Waals surface area (Å²) >= 11 is 0. The van der Waals surface area contributed by atoms with E-state index >= 15 is 0 Å². The van der Waals surface area contributed by atoms with E-state index in [1.54, 1.807) is 0 Å². The van der Waals surface area contributed by atoms with Gasteiger partial charge in [-0.3, -0.25) is 4.79 Å². The van der Waals surface area contributed by atoms with Crippen LogP contribution in [0.4, 0.5) is 0 Å². The predicted octanol–water partition coefficient (Wildman–Crippen LogP) is 1.03. The van der Waals surface area contributed by atoms with Crippen LogP contribution in [0.15, 0.2) is 0 Å². The van der Waals surface area contributed by atoms with Crippen LogP contribution < -0.4 is 0 Å². The summed E-state index contributed by atoms with van der Waals surface area (Å²) < 4.78 is 5.24. The van der Waals surface area contributed by atoms with Crippen LogP contribution in [-0.2, 0) is 9.53 Å². The van der Waals surface area contributed by atoms with E-state index in [-0.39, 0.29) is 24.5 Å². The molecule has 0 aromatic heterocycles. The monoisotopic (exact) mass is 229 g/mol. The molecule has 1 amide bonds. The smallest absolute Gasteiger partial charge is 0.228 e. The predicted molar refractivity (Wildman–Crippen MR) is 62.1 cm³/mol. The Morgan fingerprint density at radius 3 is 2.62 bits per heavy atom. The number of aliphatic hydroxyl groups is 1. The number of aliphatic hydroxyl groups excluding tert-OH is 1. The van der Waals surface area contributed by atoms with Crippen molar-refractivity contribution in [2.75, 3.05) is 26.4 Å². The average molecular weight is 229 g/mol. The fourth-order valence-electron chi connectivity index (χ4n) is 2.27. The summed E-state index contributed by atoms with van der Waals surface area (Å²) in [5.74, 6) is 0.160. The molecule has 1 N–H and O–H groups in total. The first-order valence-corrected chi connectivity index (χ1v) is 6.23. The Morgan fingerprint density at radius 2 is 2.19 bits per heavy atom. The minimum atomic E-state index is 0.00662. The first-order valence-electron chi connectivity index (χ1n) is 6.23. The second-order valence-corrected chi connectivity index (χ2v) is 4.29. The molecule has 1 heterocycles. The maximum absolute atomic E-state index is 12.2. The minimum absolute atomic E-state index is 0.00662. The summed E-state index contributed by atoms with van der Waals surface area (Å²) in [6, 6.07) is 0.250. The highest BCUT2D eigenvalue weighted by Gasteiger charge is 2.30. The van der Waals surface area contributed by atoms with Gasteiger partial charge < -0.3 is 14.7 Å². The Bertz CT molecular complexity index is 210. The van der Waals surface area contributed by atoms with Gasteiger partial charge in [0, 0.05) is 19.2 Å². The van der Waals surface area contributed by atoms with Crippen LogP contribution >= 0.6 is 0 Å². The van der Waals surface area contributed by atoms with Gasteiger partial charge >= 0.3 is 0 Å². The summed E-state index contributed by atoms with van der Waals surface area (Å²) in [6.07, 6.45) is 2.70. The van der Waals surface area contributed by atoms with Gasteiger partial charge in [0.15, 0.2) is 0 Å². The van der Waals surface area contributed by atoms with Gasteiger partial charge in [0.1, 0.15) is 0 Å². The zero-order valence-electron chi connectivity index (χ0n) is 10.3. The first kappa shape index (κ1) is 13.5. The highest BCUT2D eigenvalue weighted by atomic mass is 16.5. The zero-order chi connectivity index (χ0) is 12.0. The lowest BCUT2D eigenvalue weighted by molar-refractivity contribution is -0.138. The Labute approximate surface area is 97.6 Å². The fraction of sp³-hybridized carbons (Fsp3) is 0.917. The molecule has 1 aliphatic heterocycles. The molecule has 0 aromatic carbocycles. The van der Waals surface area contributed by atoms with Crippen molar-refractivity contribution in [3.63, 3.8) is 0 Å². The maximum Gasteiger partial charge on any atom is 0.228 e. The number of hydrogen-bond donors (Lipinski definition) is 1. The van der Waals surface area contributed by atoms with E-state index in [9.17, 15) is 4.79 Å². The van der Waals surface area contributed by atoms with Gasteiger partial charge in [-0.2, -0.15) is 0 Å². The highest BCUT2D eigenvalue weighted by Crippen LogP contribution is 2.19. The maximum atomic E-state index is 12.2. The summed E-state index contributed by atoms with van der Waals surface area (Å²) in [6.45, 7) is 5.87. The summed E-state index contributed by atoms with van der Waals surface area (Å²) in [7, 11) is 0. The van der Waals surface area contributed by atoms with Gasteiger partial charge in [0.2, 0.25) is 5.91 Å². The molecule has 4 nitrogen and oxygen atoms in total. The molecule has 1 atom stereocenters. The van der Waals surface area contributed by atoms with Crippen LogP contribution in [0.3, 0.4) is 0 Å². The molecule has 0 radical (unpaired) electrons. The fourth-order valence-corrected chi connectivity index (χ4v) is 2.27. The second kappa shape index (κ2) is 6.86. The van der Waals surface area contributed by atoms with Crippen LogP contribution in [0.2, 0.25) is 0 Å². The van der Waals surface area contributed by atoms with Crippen molar-refractivity contribution in [3.05, 3.63) is 0 Å². The third kappa shape index (κ3) is 3.19. The van der Waals surface area contributed by atoms with Crippen molar-refractivity contribution in [3.8, 4) is 0 Å². The van der Waals surface area contributed by atoms with Crippen LogP contribution in [0, 0.1) is 5.92 Å². The van der Waals surface area contributed by atoms with Crippen molar-refractivity contribution in [1.29, 1.82) is 0 Å². The second-order valence-electron chi connectivity index (χ2n) is 4.29. The molecule has 0 saturated carbocycles. The average Bonchev–Trinajstić information content (AvgIpc) is 2.82. The van der Waals surface area contributed by atoms with E-state index in [1.807, 2.05) is 4.90 Å². The van der Waals surface area contributed by atoms with E-state index in [1.165, 1.54) is 0 Å². The number of carbonyl (C=O) groups is 1. The molecule has 0 spiro atoms. The Hall–Kier alpha value is -0.610. The van der Waals surface area contributed by atoms with Gasteiger partial charge in [0.05, 0.1) is 19.1 Å². The molecule has 1 rings (SSSR count). The molecule has 0 aliphatic carbocycles. The molecule has 1 unspecified atom stereocenters. The molecule has 16 heavy (non-hydrogen) atoms. The van der Waals surface area contributed by atoms with Gasteiger partial charge in [-0.1, -0.05) is 13.8 Å². The number of ether oxygens (including phenoxy) is 1. The van der Waals surface area contributed by atoms with Crippen molar-refractivity contribution in [2.24, 2.45) is 5.92 Å². The topological polar surface area (TPSA) is 49.8 Å². The summed E-state index contributed by atoms with van der Waals surface area (Å²) in [4.78, 5) is 14.1. The first-order chi connectivity index (χ1) is 7.74. The van der Waals surface area contributed by atoms with Crippen LogP contribution in [0.5, 0.6) is 0 Å². The van der Waals surface area contributed by atoms with Crippen molar-refractivity contribution < 1.29 is 14.6 Å². The lowest BCUT2D eigenvalue weighted by atomic mass is 10.0. The molecule has 1 saturated heterocycles. The molecule has 94 valence electrons. The molecular weight excluding hydrogens is 206 g/mol. The van der Waals surface area contributed by atoms with Gasteiger partial charge in [-0.25, -0.2) is 0 Å². The van der Waals surface area contributed by atoms with Crippen molar-refractivity contribution in [2.45, 2.75) is 39.2 Å². The highest BCUT2D eigenvalue weighted by molar-refractivity contribution is 5.79. The summed E-state index contributed by atoms with van der Waals surface area (Å²) in [5.41, 5.74) is 0. The third-order valence-corrected chi connectivity index (χ3v) is 3.29. The van der Waals surface area contributed by atoms with Crippen LogP contribution in [0.25, 0.3) is 0 Å². The molecule has 1 fully saturated rings. The lowest BCUT2D eigenvalue weighted by Crippen LogP contribution is -2.44. The van der Waals surface area contributed by atoms with E-state index in [0.717, 1.165) is 19.3 Å². The van der Waals surface area contributed by atoms with E-state index in [0.29, 0.717) is 19.8 Å². The lowest BCUT2D eigenvalue weighted by Gasteiger charge is -2.31. The Morgan fingerprint density at radius 1 is 1.50 bits per heavy atom. The van der Waals surface area contributed by atoms with Crippen LogP contribution in [0.1, 0.15) is 33.1 Å². The van der Waals surface area contributed by atoms with E-state index < -0.39 is 0 Å². The third-order valence-electron chi connectivity index (χ3n) is 3.29. The molecule has 1 aliphatic rings. The largest absolute Gasteiger partial charge is 0.395 e. The molecule has 0 aromatic rings. The Balaban J connectivity index is 2.63. The number of rotatable bonds is 6. The molecule has 0 bridgehead atoms. The SMILES string of the molecule is CCC(CC)N(CCO)C(=O)C1CCOC1. The molecule has 4 heteroatoms. The molecular formula is C12H23NO3. The Kier molecular flexibility index (Phi) is 5.77. The van der Waals surface area contributed by atoms with Gasteiger partial charge in [0.25, 0.3) is 0 Å². The number of carbonyl (C=O) groups excluding carboxylic acids is 1. The van der Waals surface area contributed by atoms with Crippen molar-refractivity contribution in [1.82, 2.24) is 4.90 Å². The van der Waals surface area contributed by atoms with Gasteiger partial charge in [-0.05, 0) is 19.3 Å². The quantitative estimate of drug-likeness (QED) is 0.740. The van der Waals surface area contributed by atoms with Gasteiger partial charge in [-0.15, -0.1) is 0 Å². The standard InChI is InChI=1S/C12H23NO3/c1-3-11(4-2)13(6-7-14)12(15)10-5-8-16-9-10/h10-11,14H,3-9H2,1-2H3.